The Labute approximate surface area is 116 Å². The first-order valence-electron chi connectivity index (χ1n) is 5.94. The number of amides is 1. The summed E-state index contributed by atoms with van der Waals surface area (Å²) < 4.78 is 13.6. The van der Waals surface area contributed by atoms with E-state index in [0.717, 1.165) is 4.91 Å². The number of allylic oxidation sites excluding steroid dienone is 3. The van der Waals surface area contributed by atoms with Gasteiger partial charge in [0.15, 0.2) is 0 Å². The molecule has 0 bridgehead atoms. The molecule has 1 aliphatic carbocycles. The van der Waals surface area contributed by atoms with Crippen LogP contribution in [0.1, 0.15) is 13.3 Å². The van der Waals surface area contributed by atoms with E-state index in [1.54, 1.807) is 18.2 Å². The van der Waals surface area contributed by atoms with Crippen molar-refractivity contribution in [3.05, 3.63) is 46.6 Å². The highest BCUT2D eigenvalue weighted by Crippen LogP contribution is 2.29. The molecule has 1 amide bonds. The molecule has 100 valence electrons. The smallest absolute Gasteiger partial charge is 0.252 e. The largest absolute Gasteiger partial charge is 0.397 e. The van der Waals surface area contributed by atoms with Crippen LogP contribution in [0.15, 0.2) is 40.8 Å². The van der Waals surface area contributed by atoms with Crippen molar-refractivity contribution in [3.63, 3.8) is 0 Å². The van der Waals surface area contributed by atoms with Crippen LogP contribution in [0, 0.1) is 11.7 Å². The summed E-state index contributed by atoms with van der Waals surface area (Å²) in [4.78, 5) is 13.1. The number of nitrogen functional groups attached to an aromatic ring is 1. The monoisotopic (exact) mass is 278 g/mol. The van der Waals surface area contributed by atoms with Crippen molar-refractivity contribution in [2.24, 2.45) is 5.92 Å². The average molecular weight is 278 g/mol. The van der Waals surface area contributed by atoms with E-state index in [9.17, 15) is 9.18 Å². The second-order valence-corrected chi connectivity index (χ2v) is 5.12. The summed E-state index contributed by atoms with van der Waals surface area (Å²) in [7, 11) is 0. The van der Waals surface area contributed by atoms with Gasteiger partial charge in [-0.1, -0.05) is 25.1 Å². The van der Waals surface area contributed by atoms with Crippen molar-refractivity contribution < 1.29 is 9.18 Å². The van der Waals surface area contributed by atoms with E-state index in [2.05, 4.69) is 17.9 Å². The molecule has 5 heteroatoms. The summed E-state index contributed by atoms with van der Waals surface area (Å²) >= 11 is 4.27. The Bertz CT molecular complexity index is 561. The number of benzene rings is 1. The van der Waals surface area contributed by atoms with E-state index >= 15 is 0 Å². The van der Waals surface area contributed by atoms with Crippen LogP contribution in [0.2, 0.25) is 0 Å². The van der Waals surface area contributed by atoms with Crippen LogP contribution in [0.3, 0.4) is 0 Å². The van der Waals surface area contributed by atoms with Gasteiger partial charge < -0.3 is 11.1 Å². The van der Waals surface area contributed by atoms with E-state index in [4.69, 9.17) is 5.73 Å². The molecule has 0 aromatic heterocycles. The number of carbonyl (C=O) groups excluding carboxylic acids is 1. The number of thiol groups is 1. The van der Waals surface area contributed by atoms with Crippen molar-refractivity contribution in [1.29, 1.82) is 0 Å². The second kappa shape index (κ2) is 5.48. The topological polar surface area (TPSA) is 55.1 Å². The maximum Gasteiger partial charge on any atom is 0.252 e. The van der Waals surface area contributed by atoms with Crippen molar-refractivity contribution in [3.8, 4) is 0 Å². The number of hydrogen-bond donors (Lipinski definition) is 3. The maximum absolute atomic E-state index is 13.6. The van der Waals surface area contributed by atoms with Crippen LogP contribution in [0.4, 0.5) is 15.8 Å². The minimum absolute atomic E-state index is 0.0289. The summed E-state index contributed by atoms with van der Waals surface area (Å²) in [5.41, 5.74) is 6.50. The fourth-order valence-corrected chi connectivity index (χ4v) is 2.35. The molecule has 0 heterocycles. The SMILES string of the molecule is CC1CC(S)=CC=C1C(=O)Nc1c(N)cccc1F. The van der Waals surface area contributed by atoms with Gasteiger partial charge in [-0.25, -0.2) is 4.39 Å². The number of halogens is 1. The molecule has 0 aliphatic heterocycles. The van der Waals surface area contributed by atoms with Crippen LogP contribution in [-0.2, 0) is 4.79 Å². The van der Waals surface area contributed by atoms with Gasteiger partial charge in [-0.3, -0.25) is 4.79 Å². The van der Waals surface area contributed by atoms with Gasteiger partial charge in [-0.05, 0) is 29.4 Å². The summed E-state index contributed by atoms with van der Waals surface area (Å²) in [6, 6.07) is 4.30. The number of carbonyl (C=O) groups is 1. The first kappa shape index (κ1) is 13.7. The molecule has 2 rings (SSSR count). The first-order chi connectivity index (χ1) is 8.99. The molecular weight excluding hydrogens is 263 g/mol. The zero-order valence-corrected chi connectivity index (χ0v) is 11.4. The lowest BCUT2D eigenvalue weighted by Crippen LogP contribution is -2.21. The summed E-state index contributed by atoms with van der Waals surface area (Å²) in [5.74, 6) is -0.824. The van der Waals surface area contributed by atoms with Crippen LogP contribution in [0.25, 0.3) is 0 Å². The Morgan fingerprint density at radius 1 is 1.47 bits per heavy atom. The zero-order valence-electron chi connectivity index (χ0n) is 10.5. The Morgan fingerprint density at radius 2 is 2.21 bits per heavy atom. The lowest BCUT2D eigenvalue weighted by Gasteiger charge is -2.19. The lowest BCUT2D eigenvalue weighted by molar-refractivity contribution is -0.113. The van der Waals surface area contributed by atoms with Crippen molar-refractivity contribution in [1.82, 2.24) is 0 Å². The van der Waals surface area contributed by atoms with Gasteiger partial charge in [0.1, 0.15) is 11.5 Å². The molecule has 1 aromatic rings. The molecule has 0 spiro atoms. The quantitative estimate of drug-likeness (QED) is 0.575. The number of rotatable bonds is 2. The van der Waals surface area contributed by atoms with Gasteiger partial charge in [0, 0.05) is 5.57 Å². The third-order valence-corrected chi connectivity index (χ3v) is 3.38. The molecule has 1 unspecified atom stereocenters. The average Bonchev–Trinajstić information content (AvgIpc) is 2.33. The molecule has 3 nitrogen and oxygen atoms in total. The van der Waals surface area contributed by atoms with E-state index in [1.165, 1.54) is 12.1 Å². The molecule has 0 radical (unpaired) electrons. The normalized spacial score (nSPS) is 18.6. The van der Waals surface area contributed by atoms with Crippen molar-refractivity contribution in [2.45, 2.75) is 13.3 Å². The van der Waals surface area contributed by atoms with Crippen LogP contribution in [-0.4, -0.2) is 5.91 Å². The Morgan fingerprint density at radius 3 is 2.84 bits per heavy atom. The van der Waals surface area contributed by atoms with Crippen LogP contribution < -0.4 is 11.1 Å². The summed E-state index contributed by atoms with van der Waals surface area (Å²) in [6.07, 6.45) is 4.20. The highest BCUT2D eigenvalue weighted by atomic mass is 32.1. The van der Waals surface area contributed by atoms with Gasteiger partial charge in [0.05, 0.1) is 5.69 Å². The van der Waals surface area contributed by atoms with Crippen LogP contribution in [0.5, 0.6) is 0 Å². The summed E-state index contributed by atoms with van der Waals surface area (Å²) in [5, 5.41) is 2.53. The minimum atomic E-state index is -0.539. The van der Waals surface area contributed by atoms with Gasteiger partial charge in [0.2, 0.25) is 0 Å². The second-order valence-electron chi connectivity index (χ2n) is 4.54. The standard InChI is InChI=1S/C14H15FN2OS/c1-8-7-9(19)5-6-10(8)14(18)17-13-11(15)3-2-4-12(13)16/h2-6,8,19H,7,16H2,1H3,(H,17,18). The Kier molecular flexibility index (Phi) is 3.95. The van der Waals surface area contributed by atoms with Gasteiger partial charge in [-0.15, -0.1) is 12.6 Å². The number of anilines is 2. The Hall–Kier alpha value is -1.75. The zero-order chi connectivity index (χ0) is 14.0. The van der Waals surface area contributed by atoms with E-state index in [-0.39, 0.29) is 23.2 Å². The number of para-hydroxylation sites is 1. The molecule has 1 aliphatic rings. The highest BCUT2D eigenvalue weighted by molar-refractivity contribution is 7.84. The lowest BCUT2D eigenvalue weighted by atomic mass is 9.92. The third kappa shape index (κ3) is 2.98. The molecule has 3 N–H and O–H groups in total. The molecular formula is C14H15FN2OS. The maximum atomic E-state index is 13.6. The van der Waals surface area contributed by atoms with E-state index in [0.29, 0.717) is 12.0 Å². The molecule has 0 saturated heterocycles. The van der Waals surface area contributed by atoms with Gasteiger partial charge >= 0.3 is 0 Å². The van der Waals surface area contributed by atoms with Gasteiger partial charge in [0.25, 0.3) is 5.91 Å². The number of nitrogens with two attached hydrogens (primary N) is 1. The van der Waals surface area contributed by atoms with Crippen LogP contribution >= 0.6 is 12.6 Å². The van der Waals surface area contributed by atoms with Crippen molar-refractivity contribution >= 4 is 29.9 Å². The number of hydrogen-bond acceptors (Lipinski definition) is 3. The fraction of sp³-hybridized carbons (Fsp3) is 0.214. The van der Waals surface area contributed by atoms with E-state index < -0.39 is 5.82 Å². The van der Waals surface area contributed by atoms with E-state index in [1.807, 2.05) is 6.92 Å². The third-order valence-electron chi connectivity index (χ3n) is 3.05. The van der Waals surface area contributed by atoms with Crippen molar-refractivity contribution in [2.75, 3.05) is 11.1 Å². The number of nitrogens with one attached hydrogen (secondary N) is 1. The summed E-state index contributed by atoms with van der Waals surface area (Å²) in [6.45, 7) is 1.93. The molecule has 0 saturated carbocycles. The minimum Gasteiger partial charge on any atom is -0.397 e. The van der Waals surface area contributed by atoms with Gasteiger partial charge in [-0.2, -0.15) is 0 Å². The Balaban J connectivity index is 2.23. The first-order valence-corrected chi connectivity index (χ1v) is 6.39. The predicted octanol–water partition coefficient (Wildman–Crippen LogP) is 3.13. The molecule has 1 aromatic carbocycles. The highest BCUT2D eigenvalue weighted by Gasteiger charge is 2.21. The molecule has 19 heavy (non-hydrogen) atoms. The molecule has 0 fully saturated rings. The predicted molar refractivity (Wildman–Crippen MR) is 78.4 cm³/mol. The fourth-order valence-electron chi connectivity index (χ4n) is 2.00. The molecule has 1 atom stereocenters.